The molecular weight excluding hydrogens is 234 g/mol. The molecule has 0 spiro atoms. The van der Waals surface area contributed by atoms with Crippen molar-refractivity contribution in [3.05, 3.63) is 29.8 Å². The molecule has 96 valence electrons. The summed E-state index contributed by atoms with van der Waals surface area (Å²) < 4.78 is 6.39. The molecule has 2 N–H and O–H groups in total. The molecule has 0 saturated heterocycles. The number of hydrogen-bond donors (Lipinski definition) is 2. The molecule has 0 amide bonds. The van der Waals surface area contributed by atoms with E-state index >= 15 is 0 Å². The van der Waals surface area contributed by atoms with Crippen LogP contribution in [-0.4, -0.2) is 34.6 Å². The van der Waals surface area contributed by atoms with Crippen LogP contribution in [0.2, 0.25) is 0 Å². The third-order valence-corrected chi connectivity index (χ3v) is 2.85. The van der Waals surface area contributed by atoms with Gasteiger partial charge >= 0.3 is 5.97 Å². The zero-order valence-electron chi connectivity index (χ0n) is 10.5. The second-order valence-electron chi connectivity index (χ2n) is 3.96. The van der Waals surface area contributed by atoms with Crippen LogP contribution in [0.4, 0.5) is 0 Å². The average Bonchev–Trinajstić information content (AvgIpc) is 2.75. The van der Waals surface area contributed by atoms with E-state index in [0.29, 0.717) is 11.3 Å². The molecule has 6 heteroatoms. The van der Waals surface area contributed by atoms with Gasteiger partial charge in [0.05, 0.1) is 24.9 Å². The van der Waals surface area contributed by atoms with Crippen molar-refractivity contribution >= 4 is 11.5 Å². The number of pyridine rings is 1. The second-order valence-corrected chi connectivity index (χ2v) is 3.96. The summed E-state index contributed by atoms with van der Waals surface area (Å²) in [5.74, 6) is 0.261. The van der Waals surface area contributed by atoms with E-state index in [4.69, 9.17) is 4.74 Å². The highest BCUT2D eigenvalue weighted by atomic mass is 16.5. The van der Waals surface area contributed by atoms with Gasteiger partial charge in [0.1, 0.15) is 11.6 Å². The lowest BCUT2D eigenvalue weighted by molar-refractivity contribution is 0.0596. The predicted molar refractivity (Wildman–Crippen MR) is 65.7 cm³/mol. The summed E-state index contributed by atoms with van der Waals surface area (Å²) in [5, 5.41) is 12.6. The Morgan fingerprint density at radius 2 is 2.28 bits per heavy atom. The Morgan fingerprint density at radius 3 is 2.89 bits per heavy atom. The maximum absolute atomic E-state index is 11.7. The van der Waals surface area contributed by atoms with Crippen LogP contribution in [0.1, 0.15) is 29.3 Å². The first-order valence-electron chi connectivity index (χ1n) is 5.55. The molecule has 2 rings (SSSR count). The van der Waals surface area contributed by atoms with Crippen molar-refractivity contribution in [1.29, 1.82) is 0 Å². The number of methoxy groups -OCH3 is 1. The summed E-state index contributed by atoms with van der Waals surface area (Å²) in [6.45, 7) is 1.92. The Bertz CT molecular complexity index is 592. The van der Waals surface area contributed by atoms with Crippen molar-refractivity contribution in [3.63, 3.8) is 0 Å². The number of ether oxygens (including phenoxy) is 1. The maximum atomic E-state index is 11.7. The van der Waals surface area contributed by atoms with Gasteiger partial charge in [0.25, 0.3) is 0 Å². The molecule has 6 nitrogen and oxygen atoms in total. The van der Waals surface area contributed by atoms with Crippen molar-refractivity contribution in [2.75, 3.05) is 14.2 Å². The number of carbonyl (C=O) groups is 1. The molecule has 2 aromatic rings. The van der Waals surface area contributed by atoms with Crippen LogP contribution in [0.25, 0.3) is 5.52 Å². The Kier molecular flexibility index (Phi) is 3.20. The summed E-state index contributed by atoms with van der Waals surface area (Å²) in [6, 6.07) is 3.09. The molecular formula is C12H15N3O3. The van der Waals surface area contributed by atoms with Gasteiger partial charge in [0.15, 0.2) is 5.69 Å². The van der Waals surface area contributed by atoms with Crippen molar-refractivity contribution in [2.45, 2.75) is 13.0 Å². The summed E-state index contributed by atoms with van der Waals surface area (Å²) in [4.78, 5) is 15.9. The zero-order chi connectivity index (χ0) is 13.3. The Hall–Kier alpha value is -2.08. The van der Waals surface area contributed by atoms with Crippen LogP contribution < -0.4 is 5.32 Å². The van der Waals surface area contributed by atoms with Gasteiger partial charge in [0, 0.05) is 0 Å². The summed E-state index contributed by atoms with van der Waals surface area (Å²) >= 11 is 0. The summed E-state index contributed by atoms with van der Waals surface area (Å²) in [7, 11) is 3.11. The second kappa shape index (κ2) is 4.66. The maximum Gasteiger partial charge on any atom is 0.358 e. The van der Waals surface area contributed by atoms with E-state index in [1.807, 2.05) is 6.92 Å². The minimum atomic E-state index is -0.493. The molecule has 0 radical (unpaired) electrons. The van der Waals surface area contributed by atoms with E-state index < -0.39 is 5.97 Å². The van der Waals surface area contributed by atoms with Crippen LogP contribution in [0, 0.1) is 0 Å². The molecule has 2 heterocycles. The monoisotopic (exact) mass is 249 g/mol. The quantitative estimate of drug-likeness (QED) is 0.797. The van der Waals surface area contributed by atoms with Crippen LogP contribution in [0.3, 0.4) is 0 Å². The molecule has 0 aliphatic heterocycles. The van der Waals surface area contributed by atoms with Gasteiger partial charge < -0.3 is 15.2 Å². The fourth-order valence-corrected chi connectivity index (χ4v) is 1.78. The molecule has 0 saturated carbocycles. The Labute approximate surface area is 104 Å². The Morgan fingerprint density at radius 1 is 1.56 bits per heavy atom. The number of rotatable bonds is 3. The third kappa shape index (κ3) is 1.91. The van der Waals surface area contributed by atoms with Crippen molar-refractivity contribution in [2.24, 2.45) is 0 Å². The molecule has 0 aliphatic rings. The van der Waals surface area contributed by atoms with E-state index in [0.717, 1.165) is 0 Å². The lowest BCUT2D eigenvalue weighted by Crippen LogP contribution is -2.15. The van der Waals surface area contributed by atoms with Gasteiger partial charge in [-0.3, -0.25) is 4.40 Å². The highest BCUT2D eigenvalue weighted by Gasteiger charge is 2.20. The fourth-order valence-electron chi connectivity index (χ4n) is 1.78. The predicted octanol–water partition coefficient (Wildman–Crippen LogP) is 1.11. The van der Waals surface area contributed by atoms with Gasteiger partial charge in [-0.2, -0.15) is 0 Å². The molecule has 0 fully saturated rings. The van der Waals surface area contributed by atoms with Gasteiger partial charge in [-0.05, 0) is 26.1 Å². The van der Waals surface area contributed by atoms with Gasteiger partial charge in [-0.15, -0.1) is 0 Å². The van der Waals surface area contributed by atoms with Crippen LogP contribution >= 0.6 is 0 Å². The lowest BCUT2D eigenvalue weighted by atomic mass is 10.3. The molecule has 0 aliphatic carbocycles. The van der Waals surface area contributed by atoms with E-state index in [9.17, 15) is 9.90 Å². The van der Waals surface area contributed by atoms with Crippen LogP contribution in [-0.2, 0) is 4.74 Å². The number of imidazole rings is 1. The minimum absolute atomic E-state index is 0.0577. The first kappa shape index (κ1) is 12.4. The molecule has 2 aromatic heterocycles. The number of carbonyl (C=O) groups excluding carboxylic acids is 1. The molecule has 1 unspecified atom stereocenters. The van der Waals surface area contributed by atoms with Gasteiger partial charge in [-0.25, -0.2) is 9.78 Å². The van der Waals surface area contributed by atoms with Gasteiger partial charge in [0.2, 0.25) is 0 Å². The third-order valence-electron chi connectivity index (χ3n) is 2.85. The normalized spacial score (nSPS) is 12.6. The number of aromatic nitrogens is 2. The topological polar surface area (TPSA) is 75.9 Å². The first-order chi connectivity index (χ1) is 8.58. The minimum Gasteiger partial charge on any atom is -0.506 e. The van der Waals surface area contributed by atoms with E-state index in [-0.39, 0.29) is 17.5 Å². The van der Waals surface area contributed by atoms with Crippen LogP contribution in [0.15, 0.2) is 18.3 Å². The first-order valence-corrected chi connectivity index (χ1v) is 5.55. The van der Waals surface area contributed by atoms with E-state index in [1.165, 1.54) is 19.4 Å². The number of fused-ring (bicyclic) bond motifs is 1. The zero-order valence-corrected chi connectivity index (χ0v) is 10.5. The van der Waals surface area contributed by atoms with Crippen molar-refractivity contribution < 1.29 is 14.6 Å². The molecule has 18 heavy (non-hydrogen) atoms. The van der Waals surface area contributed by atoms with Crippen LogP contribution in [0.5, 0.6) is 5.75 Å². The summed E-state index contributed by atoms with van der Waals surface area (Å²) in [6.07, 6.45) is 1.53. The SMILES string of the molecule is CNC(C)c1nc(C(=O)OC)c2ccc(O)cn12. The number of esters is 1. The Balaban J connectivity index is 2.71. The van der Waals surface area contributed by atoms with E-state index in [2.05, 4.69) is 10.3 Å². The largest absolute Gasteiger partial charge is 0.506 e. The number of nitrogens with zero attached hydrogens (tertiary/aromatic N) is 2. The highest BCUT2D eigenvalue weighted by Crippen LogP contribution is 2.21. The van der Waals surface area contributed by atoms with Crippen molar-refractivity contribution in [3.8, 4) is 5.75 Å². The van der Waals surface area contributed by atoms with Crippen molar-refractivity contribution in [1.82, 2.24) is 14.7 Å². The fraction of sp³-hybridized carbons (Fsp3) is 0.333. The number of nitrogens with one attached hydrogen (secondary N) is 1. The summed E-state index contributed by atoms with van der Waals surface area (Å²) in [5.41, 5.74) is 0.853. The number of hydrogen-bond acceptors (Lipinski definition) is 5. The van der Waals surface area contributed by atoms with Gasteiger partial charge in [-0.1, -0.05) is 0 Å². The molecule has 1 atom stereocenters. The molecule has 0 bridgehead atoms. The smallest absolute Gasteiger partial charge is 0.358 e. The average molecular weight is 249 g/mol. The van der Waals surface area contributed by atoms with E-state index in [1.54, 1.807) is 17.5 Å². The lowest BCUT2D eigenvalue weighted by Gasteiger charge is -2.08. The highest BCUT2D eigenvalue weighted by molar-refractivity contribution is 5.95. The number of aromatic hydroxyl groups is 1. The molecule has 0 aromatic carbocycles. The standard InChI is InChI=1S/C12H15N3O3/c1-7(13-2)11-14-10(12(17)18-3)9-5-4-8(16)6-15(9)11/h4-7,13,16H,1-3H3.